The fourth-order valence-corrected chi connectivity index (χ4v) is 1.12. The monoisotopic (exact) mass is 176 g/mol. The summed E-state index contributed by atoms with van der Waals surface area (Å²) in [6.45, 7) is 0. The molecule has 10 heavy (non-hydrogen) atoms. The van der Waals surface area contributed by atoms with Crippen molar-refractivity contribution in [1.82, 2.24) is 0 Å². The second kappa shape index (κ2) is 9.44. The summed E-state index contributed by atoms with van der Waals surface area (Å²) in [7, 11) is 0. The van der Waals surface area contributed by atoms with Crippen LogP contribution in [-0.2, 0) is 0 Å². The molecule has 0 aliphatic heterocycles. The summed E-state index contributed by atoms with van der Waals surface area (Å²) >= 11 is 8.20. The molecule has 60 valence electrons. The second-order valence-corrected chi connectivity index (χ2v) is 3.04. The Hall–Kier alpha value is 0.440. The smallest absolute Gasteiger partial charge is 0.00825 e. The lowest BCUT2D eigenvalue weighted by molar-refractivity contribution is 0.735. The fourth-order valence-electron chi connectivity index (χ4n) is 0.743. The first kappa shape index (κ1) is 10.4. The van der Waals surface area contributed by atoms with Crippen LogP contribution in [0.25, 0.3) is 0 Å². The van der Waals surface area contributed by atoms with Crippen LogP contribution in [0.15, 0.2) is 12.2 Å². The van der Waals surface area contributed by atoms with Gasteiger partial charge in [-0.2, -0.15) is 25.3 Å². The number of hydrogen-bond acceptors (Lipinski definition) is 2. The van der Waals surface area contributed by atoms with Crippen molar-refractivity contribution in [1.29, 1.82) is 0 Å². The summed E-state index contributed by atoms with van der Waals surface area (Å²) in [6.07, 6.45) is 9.35. The maximum Gasteiger partial charge on any atom is 0.00825 e. The molecule has 0 fully saturated rings. The lowest BCUT2D eigenvalue weighted by atomic mass is 10.2. The molecule has 0 aliphatic rings. The van der Waals surface area contributed by atoms with Crippen molar-refractivity contribution >= 4 is 25.3 Å². The Morgan fingerprint density at radius 1 is 0.900 bits per heavy atom. The molecule has 0 atom stereocenters. The SMILES string of the molecule is SC/C=C\CCCCCS. The Labute approximate surface area is 74.9 Å². The van der Waals surface area contributed by atoms with Crippen LogP contribution in [0.5, 0.6) is 0 Å². The average molecular weight is 176 g/mol. The van der Waals surface area contributed by atoms with Crippen molar-refractivity contribution in [3.63, 3.8) is 0 Å². The number of allylic oxidation sites excluding steroid dienone is 1. The van der Waals surface area contributed by atoms with Gasteiger partial charge in [-0.05, 0) is 25.0 Å². The summed E-state index contributed by atoms with van der Waals surface area (Å²) in [5.41, 5.74) is 0. The maximum absolute atomic E-state index is 4.13. The van der Waals surface area contributed by atoms with Crippen molar-refractivity contribution in [3.8, 4) is 0 Å². The topological polar surface area (TPSA) is 0 Å². The van der Waals surface area contributed by atoms with Crippen LogP contribution < -0.4 is 0 Å². The fraction of sp³-hybridized carbons (Fsp3) is 0.750. The van der Waals surface area contributed by atoms with Crippen LogP contribution in [0.3, 0.4) is 0 Å². The second-order valence-electron chi connectivity index (χ2n) is 2.23. The van der Waals surface area contributed by atoms with Gasteiger partial charge in [-0.3, -0.25) is 0 Å². The predicted molar refractivity (Wildman–Crippen MR) is 55.3 cm³/mol. The largest absolute Gasteiger partial charge is 0.179 e. The number of unbranched alkanes of at least 4 members (excludes halogenated alkanes) is 3. The predicted octanol–water partition coefficient (Wildman–Crippen LogP) is 2.96. The van der Waals surface area contributed by atoms with Crippen LogP contribution in [0.1, 0.15) is 25.7 Å². The van der Waals surface area contributed by atoms with Crippen LogP contribution >= 0.6 is 25.3 Å². The molecule has 0 nitrogen and oxygen atoms in total. The first-order chi connectivity index (χ1) is 4.91. The van der Waals surface area contributed by atoms with Crippen molar-refractivity contribution in [2.75, 3.05) is 11.5 Å². The van der Waals surface area contributed by atoms with Gasteiger partial charge in [-0.25, -0.2) is 0 Å². The summed E-state index contributed by atoms with van der Waals surface area (Å²) < 4.78 is 0. The van der Waals surface area contributed by atoms with E-state index in [1.165, 1.54) is 25.7 Å². The van der Waals surface area contributed by atoms with Crippen molar-refractivity contribution in [3.05, 3.63) is 12.2 Å². The molecule has 0 rings (SSSR count). The Morgan fingerprint density at radius 2 is 1.70 bits per heavy atom. The zero-order valence-corrected chi connectivity index (χ0v) is 8.08. The van der Waals surface area contributed by atoms with Gasteiger partial charge in [0.15, 0.2) is 0 Å². The third kappa shape index (κ3) is 8.44. The molecule has 0 heterocycles. The van der Waals surface area contributed by atoms with E-state index in [0.717, 1.165) is 11.5 Å². The van der Waals surface area contributed by atoms with E-state index in [-0.39, 0.29) is 0 Å². The quantitative estimate of drug-likeness (QED) is 0.347. The summed E-state index contributed by atoms with van der Waals surface area (Å²) in [5.74, 6) is 1.89. The zero-order chi connectivity index (χ0) is 7.66. The van der Waals surface area contributed by atoms with E-state index in [0.29, 0.717) is 0 Å². The van der Waals surface area contributed by atoms with Crippen molar-refractivity contribution in [2.45, 2.75) is 25.7 Å². The van der Waals surface area contributed by atoms with Crippen LogP contribution in [-0.4, -0.2) is 11.5 Å². The summed E-state index contributed by atoms with van der Waals surface area (Å²) in [6, 6.07) is 0. The van der Waals surface area contributed by atoms with E-state index in [4.69, 9.17) is 0 Å². The minimum absolute atomic E-state index is 0.868. The molecule has 0 aromatic carbocycles. The molecule has 0 unspecified atom stereocenters. The molecule has 0 bridgehead atoms. The van der Waals surface area contributed by atoms with Gasteiger partial charge in [0.1, 0.15) is 0 Å². The van der Waals surface area contributed by atoms with Gasteiger partial charge in [0.25, 0.3) is 0 Å². The molecular weight excluding hydrogens is 160 g/mol. The van der Waals surface area contributed by atoms with E-state index < -0.39 is 0 Å². The summed E-state index contributed by atoms with van der Waals surface area (Å²) in [5, 5.41) is 0. The summed E-state index contributed by atoms with van der Waals surface area (Å²) in [4.78, 5) is 0. The van der Waals surface area contributed by atoms with Gasteiger partial charge in [-0.15, -0.1) is 0 Å². The normalized spacial score (nSPS) is 11.0. The van der Waals surface area contributed by atoms with Gasteiger partial charge in [-0.1, -0.05) is 18.6 Å². The van der Waals surface area contributed by atoms with E-state index >= 15 is 0 Å². The van der Waals surface area contributed by atoms with Gasteiger partial charge >= 0.3 is 0 Å². The molecular formula is C8H16S2. The first-order valence-electron chi connectivity index (χ1n) is 3.78. The van der Waals surface area contributed by atoms with E-state index in [9.17, 15) is 0 Å². The van der Waals surface area contributed by atoms with E-state index in [1.807, 2.05) is 0 Å². The molecule has 0 aliphatic carbocycles. The maximum atomic E-state index is 4.13. The van der Waals surface area contributed by atoms with Crippen LogP contribution in [0.4, 0.5) is 0 Å². The van der Waals surface area contributed by atoms with Crippen molar-refractivity contribution < 1.29 is 0 Å². The number of thiol groups is 2. The highest BCUT2D eigenvalue weighted by molar-refractivity contribution is 7.80. The molecule has 0 aromatic heterocycles. The molecule has 0 aromatic rings. The Morgan fingerprint density at radius 3 is 2.30 bits per heavy atom. The lowest BCUT2D eigenvalue weighted by Gasteiger charge is -1.92. The Balaban J connectivity index is 2.83. The minimum Gasteiger partial charge on any atom is -0.179 e. The average Bonchev–Trinajstić information content (AvgIpc) is 1.97. The third-order valence-corrected chi connectivity index (χ3v) is 1.83. The first-order valence-corrected chi connectivity index (χ1v) is 5.05. The van der Waals surface area contributed by atoms with E-state index in [1.54, 1.807) is 0 Å². The molecule has 0 saturated heterocycles. The standard InChI is InChI=1S/C8H16S2/c9-7-5-3-1-2-4-6-8-10/h3,5,9-10H,1-2,4,6-8H2/b5-3-. The Bertz CT molecular complexity index is 79.3. The van der Waals surface area contributed by atoms with Gasteiger partial charge in [0, 0.05) is 5.75 Å². The third-order valence-electron chi connectivity index (χ3n) is 1.30. The minimum atomic E-state index is 0.868. The molecule has 0 N–H and O–H groups in total. The van der Waals surface area contributed by atoms with Gasteiger partial charge in [0.2, 0.25) is 0 Å². The Kier molecular flexibility index (Phi) is 9.86. The number of hydrogen-bond donors (Lipinski definition) is 2. The van der Waals surface area contributed by atoms with Gasteiger partial charge in [0.05, 0.1) is 0 Å². The van der Waals surface area contributed by atoms with Gasteiger partial charge < -0.3 is 0 Å². The van der Waals surface area contributed by atoms with Crippen LogP contribution in [0.2, 0.25) is 0 Å². The lowest BCUT2D eigenvalue weighted by Crippen LogP contribution is -1.76. The highest BCUT2D eigenvalue weighted by atomic mass is 32.1. The molecule has 2 heteroatoms. The highest BCUT2D eigenvalue weighted by Crippen LogP contribution is 2.01. The molecule has 0 radical (unpaired) electrons. The molecule has 0 amide bonds. The molecule has 0 spiro atoms. The highest BCUT2D eigenvalue weighted by Gasteiger charge is 1.83. The van der Waals surface area contributed by atoms with E-state index in [2.05, 4.69) is 37.4 Å². The van der Waals surface area contributed by atoms with Crippen molar-refractivity contribution in [2.24, 2.45) is 0 Å². The zero-order valence-electron chi connectivity index (χ0n) is 6.29. The number of rotatable bonds is 6. The molecule has 0 saturated carbocycles. The van der Waals surface area contributed by atoms with Crippen LogP contribution in [0, 0.1) is 0 Å².